The lowest BCUT2D eigenvalue weighted by Gasteiger charge is -2.19. The molecular formula is C15H25N3O4. The zero-order chi connectivity index (χ0) is 15.9. The molecule has 0 saturated heterocycles. The number of hydrogen-bond acceptors (Lipinski definition) is 5. The highest BCUT2D eigenvalue weighted by Crippen LogP contribution is 2.18. The van der Waals surface area contributed by atoms with Crippen LogP contribution in [0.4, 0.5) is 0 Å². The van der Waals surface area contributed by atoms with Crippen LogP contribution in [0.3, 0.4) is 0 Å². The Bertz CT molecular complexity index is 489. The van der Waals surface area contributed by atoms with Crippen molar-refractivity contribution in [1.82, 2.24) is 14.7 Å². The predicted molar refractivity (Wildman–Crippen MR) is 80.0 cm³/mol. The van der Waals surface area contributed by atoms with Crippen LogP contribution in [0.25, 0.3) is 0 Å². The van der Waals surface area contributed by atoms with Gasteiger partial charge in [-0.05, 0) is 18.9 Å². The maximum Gasteiger partial charge on any atom is 0.248 e. The maximum atomic E-state index is 12.2. The van der Waals surface area contributed by atoms with Crippen molar-refractivity contribution in [2.45, 2.75) is 45.4 Å². The lowest BCUT2D eigenvalue weighted by Crippen LogP contribution is -2.33. The highest BCUT2D eigenvalue weighted by molar-refractivity contribution is 5.77. The number of aliphatic hydroxyl groups is 2. The molecule has 0 radical (unpaired) electrons. The van der Waals surface area contributed by atoms with E-state index in [0.717, 1.165) is 25.0 Å². The van der Waals surface area contributed by atoms with Crippen molar-refractivity contribution in [1.29, 1.82) is 0 Å². The van der Waals surface area contributed by atoms with Crippen LogP contribution >= 0.6 is 0 Å². The van der Waals surface area contributed by atoms with Gasteiger partial charge in [0.2, 0.25) is 5.91 Å². The molecule has 22 heavy (non-hydrogen) atoms. The minimum atomic E-state index is -0.971. The Morgan fingerprint density at radius 2 is 2.32 bits per heavy atom. The van der Waals surface area contributed by atoms with Gasteiger partial charge in [-0.1, -0.05) is 13.3 Å². The van der Waals surface area contributed by atoms with E-state index in [-0.39, 0.29) is 19.1 Å². The summed E-state index contributed by atoms with van der Waals surface area (Å²) >= 11 is 0. The molecule has 0 aromatic carbocycles. The van der Waals surface area contributed by atoms with E-state index in [2.05, 4.69) is 12.0 Å². The molecule has 0 fully saturated rings. The first-order valence-corrected chi connectivity index (χ1v) is 7.86. The summed E-state index contributed by atoms with van der Waals surface area (Å²) in [6.45, 7) is 4.29. The molecule has 0 unspecified atom stereocenters. The van der Waals surface area contributed by atoms with E-state index in [1.54, 1.807) is 15.6 Å². The van der Waals surface area contributed by atoms with Gasteiger partial charge in [-0.15, -0.1) is 0 Å². The van der Waals surface area contributed by atoms with Gasteiger partial charge in [0.25, 0.3) is 0 Å². The number of amides is 1. The summed E-state index contributed by atoms with van der Waals surface area (Å²) in [6.07, 6.45) is 1.85. The fourth-order valence-electron chi connectivity index (χ4n) is 2.45. The Morgan fingerprint density at radius 1 is 1.50 bits per heavy atom. The summed E-state index contributed by atoms with van der Waals surface area (Å²) in [5.41, 5.74) is 1.33. The van der Waals surface area contributed by atoms with E-state index in [1.807, 2.05) is 0 Å². The van der Waals surface area contributed by atoms with Crippen molar-refractivity contribution in [2.24, 2.45) is 0 Å². The van der Waals surface area contributed by atoms with Crippen LogP contribution in [0.15, 0.2) is 6.07 Å². The van der Waals surface area contributed by atoms with Crippen molar-refractivity contribution < 1.29 is 19.7 Å². The molecule has 0 aliphatic carbocycles. The Labute approximate surface area is 130 Å². The standard InChI is InChI=1S/C15H25N3O4/c1-2-3-7-22-11-15(21)17-5-4-6-18-12(9-17)8-13(16-18)14(20)10-19/h8,14,19-20H,2-7,9-11H2,1H3/t14-/m1/s1. The molecule has 0 spiro atoms. The molecule has 2 N–H and O–H groups in total. The van der Waals surface area contributed by atoms with Crippen LogP contribution in [0.5, 0.6) is 0 Å². The number of fused-ring (bicyclic) bond motifs is 1. The third-order valence-electron chi connectivity index (χ3n) is 3.77. The zero-order valence-corrected chi connectivity index (χ0v) is 13.1. The molecule has 7 heteroatoms. The first kappa shape index (κ1) is 16.9. The normalized spacial score (nSPS) is 16.2. The van der Waals surface area contributed by atoms with Crippen LogP contribution in [-0.2, 0) is 22.6 Å². The third kappa shape index (κ3) is 4.28. The van der Waals surface area contributed by atoms with Crippen molar-refractivity contribution >= 4 is 5.91 Å². The Hall–Kier alpha value is -1.44. The van der Waals surface area contributed by atoms with Crippen LogP contribution in [-0.4, -0.2) is 57.2 Å². The molecule has 1 aliphatic heterocycles. The Balaban J connectivity index is 1.95. The topological polar surface area (TPSA) is 87.8 Å². The number of rotatable bonds is 7. The van der Waals surface area contributed by atoms with E-state index in [1.165, 1.54) is 0 Å². The highest BCUT2D eigenvalue weighted by Gasteiger charge is 2.22. The number of unbranched alkanes of at least 4 members (excludes halogenated alkanes) is 1. The van der Waals surface area contributed by atoms with Gasteiger partial charge in [0.15, 0.2) is 0 Å². The number of nitrogens with zero attached hydrogens (tertiary/aromatic N) is 3. The van der Waals surface area contributed by atoms with E-state index >= 15 is 0 Å². The van der Waals surface area contributed by atoms with Gasteiger partial charge in [-0.25, -0.2) is 0 Å². The largest absolute Gasteiger partial charge is 0.393 e. The smallest absolute Gasteiger partial charge is 0.248 e. The molecule has 1 aliphatic rings. The summed E-state index contributed by atoms with van der Waals surface area (Å²) in [7, 11) is 0. The summed E-state index contributed by atoms with van der Waals surface area (Å²) in [4.78, 5) is 14.0. The molecule has 2 heterocycles. The second kappa shape index (κ2) is 8.26. The summed E-state index contributed by atoms with van der Waals surface area (Å²) in [6, 6.07) is 1.75. The summed E-state index contributed by atoms with van der Waals surface area (Å²) < 4.78 is 7.20. The number of carbonyl (C=O) groups excluding carboxylic acids is 1. The van der Waals surface area contributed by atoms with Gasteiger partial charge in [-0.3, -0.25) is 9.48 Å². The van der Waals surface area contributed by atoms with Gasteiger partial charge in [-0.2, -0.15) is 5.10 Å². The zero-order valence-electron chi connectivity index (χ0n) is 13.1. The monoisotopic (exact) mass is 311 g/mol. The molecule has 7 nitrogen and oxygen atoms in total. The van der Waals surface area contributed by atoms with Crippen molar-refractivity contribution in [3.05, 3.63) is 17.5 Å². The second-order valence-electron chi connectivity index (χ2n) is 5.56. The Morgan fingerprint density at radius 3 is 3.05 bits per heavy atom. The number of hydrogen-bond donors (Lipinski definition) is 2. The molecule has 2 rings (SSSR count). The quantitative estimate of drug-likeness (QED) is 0.714. The van der Waals surface area contributed by atoms with E-state index in [9.17, 15) is 9.90 Å². The SMILES string of the molecule is CCCCOCC(=O)N1CCCn2nc([C@H](O)CO)cc2C1. The number of aryl methyl sites for hydroxylation is 1. The van der Waals surface area contributed by atoms with Crippen molar-refractivity contribution in [3.63, 3.8) is 0 Å². The van der Waals surface area contributed by atoms with Crippen LogP contribution in [0, 0.1) is 0 Å². The molecule has 1 aromatic rings. The third-order valence-corrected chi connectivity index (χ3v) is 3.77. The molecule has 0 saturated carbocycles. The molecule has 1 aromatic heterocycles. The van der Waals surface area contributed by atoms with Crippen LogP contribution < -0.4 is 0 Å². The fraction of sp³-hybridized carbons (Fsp3) is 0.733. The molecule has 124 valence electrons. The number of aromatic nitrogens is 2. The summed E-state index contributed by atoms with van der Waals surface area (Å²) in [5, 5.41) is 23.0. The lowest BCUT2D eigenvalue weighted by atomic mass is 10.2. The predicted octanol–water partition coefficient (Wildman–Crippen LogP) is 0.458. The highest BCUT2D eigenvalue weighted by atomic mass is 16.5. The van der Waals surface area contributed by atoms with E-state index in [0.29, 0.717) is 31.9 Å². The first-order chi connectivity index (χ1) is 10.7. The van der Waals surface area contributed by atoms with Crippen LogP contribution in [0.2, 0.25) is 0 Å². The van der Waals surface area contributed by atoms with Gasteiger partial charge < -0.3 is 19.8 Å². The van der Waals surface area contributed by atoms with E-state index < -0.39 is 6.10 Å². The lowest BCUT2D eigenvalue weighted by molar-refractivity contribution is -0.136. The second-order valence-corrected chi connectivity index (χ2v) is 5.56. The number of aliphatic hydroxyl groups excluding tert-OH is 2. The number of carbonyl (C=O) groups is 1. The van der Waals surface area contributed by atoms with Gasteiger partial charge >= 0.3 is 0 Å². The van der Waals surface area contributed by atoms with E-state index in [4.69, 9.17) is 9.84 Å². The minimum absolute atomic E-state index is 0.0185. The maximum absolute atomic E-state index is 12.2. The van der Waals surface area contributed by atoms with Crippen molar-refractivity contribution in [2.75, 3.05) is 26.4 Å². The average molecular weight is 311 g/mol. The fourth-order valence-corrected chi connectivity index (χ4v) is 2.45. The molecule has 0 bridgehead atoms. The number of ether oxygens (including phenoxy) is 1. The van der Waals surface area contributed by atoms with Crippen LogP contribution in [0.1, 0.15) is 43.7 Å². The van der Waals surface area contributed by atoms with Gasteiger partial charge in [0.1, 0.15) is 12.7 Å². The first-order valence-electron chi connectivity index (χ1n) is 7.86. The van der Waals surface area contributed by atoms with Crippen molar-refractivity contribution in [3.8, 4) is 0 Å². The Kier molecular flexibility index (Phi) is 6.35. The van der Waals surface area contributed by atoms with Gasteiger partial charge in [0, 0.05) is 19.7 Å². The molecule has 1 atom stereocenters. The minimum Gasteiger partial charge on any atom is -0.393 e. The summed E-state index contributed by atoms with van der Waals surface area (Å²) in [5.74, 6) is -0.0185. The molecule has 1 amide bonds. The van der Waals surface area contributed by atoms with Gasteiger partial charge in [0.05, 0.1) is 24.5 Å². The molecular weight excluding hydrogens is 286 g/mol. The average Bonchev–Trinajstić information content (AvgIpc) is 2.82.